The van der Waals surface area contributed by atoms with E-state index in [4.69, 9.17) is 11.6 Å². The van der Waals surface area contributed by atoms with Gasteiger partial charge in [-0.05, 0) is 18.9 Å². The second-order valence-corrected chi connectivity index (χ2v) is 7.73. The highest BCUT2D eigenvalue weighted by Gasteiger charge is 2.35. The van der Waals surface area contributed by atoms with E-state index in [1.807, 2.05) is 0 Å². The van der Waals surface area contributed by atoms with Crippen molar-refractivity contribution in [2.75, 3.05) is 13.1 Å². The van der Waals surface area contributed by atoms with Crippen molar-refractivity contribution in [1.29, 1.82) is 0 Å². The first-order valence-corrected chi connectivity index (χ1v) is 9.04. The number of thiazole rings is 1. The van der Waals surface area contributed by atoms with Crippen LogP contribution in [0.4, 0.5) is 13.2 Å². The highest BCUT2D eigenvalue weighted by atomic mass is 35.5. The Labute approximate surface area is 143 Å². The summed E-state index contributed by atoms with van der Waals surface area (Å²) in [7, 11) is 0. The summed E-state index contributed by atoms with van der Waals surface area (Å²) in [6, 6.07) is 1.61. The lowest BCUT2D eigenvalue weighted by Gasteiger charge is -2.31. The number of alkyl halides is 3. The highest BCUT2D eigenvalue weighted by Crippen LogP contribution is 2.35. The number of rotatable bonds is 2. The third-order valence-corrected chi connectivity index (χ3v) is 5.78. The van der Waals surface area contributed by atoms with Crippen LogP contribution in [0.3, 0.4) is 0 Å². The first-order valence-electron chi connectivity index (χ1n) is 6.90. The lowest BCUT2D eigenvalue weighted by Crippen LogP contribution is -2.39. The molecule has 1 aliphatic heterocycles. The maximum absolute atomic E-state index is 12.7. The molecule has 0 spiro atoms. The molecule has 124 valence electrons. The minimum atomic E-state index is -4.42. The Hall–Kier alpha value is -1.12. The Morgan fingerprint density at radius 3 is 2.74 bits per heavy atom. The highest BCUT2D eigenvalue weighted by molar-refractivity contribution is 7.14. The van der Waals surface area contributed by atoms with Gasteiger partial charge in [-0.1, -0.05) is 11.6 Å². The maximum Gasteiger partial charge on any atom is 0.434 e. The predicted octanol–water partition coefficient (Wildman–Crippen LogP) is 4.90. The number of halogens is 4. The summed E-state index contributed by atoms with van der Waals surface area (Å²) < 4.78 is 38.5. The molecule has 1 saturated heterocycles. The van der Waals surface area contributed by atoms with Gasteiger partial charge in [-0.3, -0.25) is 4.79 Å². The van der Waals surface area contributed by atoms with Crippen molar-refractivity contribution in [3.8, 4) is 0 Å². The van der Waals surface area contributed by atoms with E-state index in [9.17, 15) is 18.0 Å². The van der Waals surface area contributed by atoms with Crippen LogP contribution < -0.4 is 0 Å². The topological polar surface area (TPSA) is 33.2 Å². The summed E-state index contributed by atoms with van der Waals surface area (Å²) in [5.74, 6) is -0.284. The lowest BCUT2D eigenvalue weighted by molar-refractivity contribution is -0.140. The van der Waals surface area contributed by atoms with Gasteiger partial charge in [0.25, 0.3) is 5.91 Å². The molecule has 23 heavy (non-hydrogen) atoms. The van der Waals surface area contributed by atoms with Gasteiger partial charge >= 0.3 is 6.18 Å². The van der Waals surface area contributed by atoms with Gasteiger partial charge in [0, 0.05) is 29.8 Å². The van der Waals surface area contributed by atoms with Crippen LogP contribution in [0.5, 0.6) is 0 Å². The molecule has 1 fully saturated rings. The zero-order valence-electron chi connectivity index (χ0n) is 11.8. The molecular weight excluding hydrogens is 369 g/mol. The van der Waals surface area contributed by atoms with Crippen LogP contribution in [-0.2, 0) is 6.18 Å². The summed E-state index contributed by atoms with van der Waals surface area (Å²) in [5.41, 5.74) is -0.332. The second-order valence-electron chi connectivity index (χ2n) is 5.30. The smallest absolute Gasteiger partial charge is 0.338 e. The van der Waals surface area contributed by atoms with E-state index in [-0.39, 0.29) is 11.8 Å². The van der Waals surface area contributed by atoms with Gasteiger partial charge in [-0.2, -0.15) is 13.2 Å². The van der Waals surface area contributed by atoms with Crippen LogP contribution in [0, 0.1) is 0 Å². The Morgan fingerprint density at radius 1 is 1.35 bits per heavy atom. The SMILES string of the molecule is O=C(c1csc(Cl)c1)N1CCCC(c2nc(C(F)(F)F)cs2)C1. The van der Waals surface area contributed by atoms with Crippen molar-refractivity contribution in [2.45, 2.75) is 24.9 Å². The number of hydrogen-bond acceptors (Lipinski definition) is 4. The van der Waals surface area contributed by atoms with Crippen molar-refractivity contribution in [3.63, 3.8) is 0 Å². The van der Waals surface area contributed by atoms with Crippen molar-refractivity contribution >= 4 is 40.2 Å². The summed E-state index contributed by atoms with van der Waals surface area (Å²) >= 11 is 8.14. The van der Waals surface area contributed by atoms with Crippen LogP contribution in [0.1, 0.15) is 39.8 Å². The van der Waals surface area contributed by atoms with Gasteiger partial charge in [0.1, 0.15) is 0 Å². The molecule has 1 aliphatic rings. The van der Waals surface area contributed by atoms with Gasteiger partial charge in [-0.25, -0.2) is 4.98 Å². The van der Waals surface area contributed by atoms with Gasteiger partial charge in [0.2, 0.25) is 0 Å². The molecule has 3 heterocycles. The monoisotopic (exact) mass is 380 g/mol. The van der Waals surface area contributed by atoms with Gasteiger partial charge < -0.3 is 4.90 Å². The largest absolute Gasteiger partial charge is 0.434 e. The molecule has 0 radical (unpaired) electrons. The third-order valence-electron chi connectivity index (χ3n) is 3.68. The summed E-state index contributed by atoms with van der Waals surface area (Å²) in [6.45, 7) is 0.984. The number of nitrogens with zero attached hydrogens (tertiary/aromatic N) is 2. The quantitative estimate of drug-likeness (QED) is 0.742. The van der Waals surface area contributed by atoms with Crippen molar-refractivity contribution in [3.05, 3.63) is 37.4 Å². The van der Waals surface area contributed by atoms with Crippen LogP contribution in [0.2, 0.25) is 4.34 Å². The molecule has 9 heteroatoms. The molecule has 3 nitrogen and oxygen atoms in total. The summed E-state index contributed by atoms with van der Waals surface area (Å²) in [4.78, 5) is 17.8. The lowest BCUT2D eigenvalue weighted by atomic mass is 9.98. The molecule has 0 saturated carbocycles. The number of likely N-dealkylation sites (tertiary alicyclic amines) is 1. The fourth-order valence-corrected chi connectivity index (χ4v) is 4.38. The number of aromatic nitrogens is 1. The Kier molecular flexibility index (Phi) is 4.66. The van der Waals surface area contributed by atoms with Gasteiger partial charge in [0.15, 0.2) is 5.69 Å². The van der Waals surface area contributed by atoms with Crippen molar-refractivity contribution in [1.82, 2.24) is 9.88 Å². The van der Waals surface area contributed by atoms with E-state index >= 15 is 0 Å². The van der Waals surface area contributed by atoms with Crippen molar-refractivity contribution in [2.24, 2.45) is 0 Å². The van der Waals surface area contributed by atoms with E-state index in [1.54, 1.807) is 16.3 Å². The summed E-state index contributed by atoms with van der Waals surface area (Å²) in [5, 5.41) is 3.17. The first kappa shape index (κ1) is 16.7. The zero-order chi connectivity index (χ0) is 16.6. The number of carbonyl (C=O) groups is 1. The normalized spacial score (nSPS) is 19.1. The predicted molar refractivity (Wildman–Crippen MR) is 84.3 cm³/mol. The van der Waals surface area contributed by atoms with Crippen molar-refractivity contribution < 1.29 is 18.0 Å². The minimum Gasteiger partial charge on any atom is -0.338 e. The molecule has 1 unspecified atom stereocenters. The number of piperidine rings is 1. The van der Waals surface area contributed by atoms with E-state index < -0.39 is 11.9 Å². The molecule has 2 aromatic rings. The van der Waals surface area contributed by atoms with Crippen LogP contribution in [0.25, 0.3) is 0 Å². The molecule has 0 bridgehead atoms. The fourth-order valence-electron chi connectivity index (χ4n) is 2.57. The third kappa shape index (κ3) is 3.70. The van der Waals surface area contributed by atoms with Crippen LogP contribution >= 0.6 is 34.3 Å². The number of amides is 1. The molecule has 1 amide bonds. The molecule has 1 atom stereocenters. The second kappa shape index (κ2) is 6.41. The fraction of sp³-hybridized carbons (Fsp3) is 0.429. The van der Waals surface area contributed by atoms with Crippen LogP contribution in [-0.4, -0.2) is 28.9 Å². The number of thiophene rings is 1. The molecule has 3 rings (SSSR count). The first-order chi connectivity index (χ1) is 10.8. The Balaban J connectivity index is 1.73. The number of carbonyl (C=O) groups excluding carboxylic acids is 1. The average Bonchev–Trinajstić information content (AvgIpc) is 3.15. The molecular formula is C14H12ClF3N2OS2. The minimum absolute atomic E-state index is 0.134. The standard InChI is InChI=1S/C14H12ClF3N2OS2/c15-11-4-9(6-22-11)13(21)20-3-1-2-8(5-20)12-19-10(7-23-12)14(16,17)18/h4,6-8H,1-3,5H2. The van der Waals surface area contributed by atoms with E-state index in [0.717, 1.165) is 29.6 Å². The average molecular weight is 381 g/mol. The maximum atomic E-state index is 12.7. The van der Waals surface area contributed by atoms with E-state index in [1.165, 1.54) is 11.3 Å². The Bertz CT molecular complexity index is 713. The van der Waals surface area contributed by atoms with Gasteiger partial charge in [0.05, 0.1) is 14.9 Å². The molecule has 0 aliphatic carbocycles. The Morgan fingerprint density at radius 2 is 2.13 bits per heavy atom. The molecule has 2 aromatic heterocycles. The summed E-state index contributed by atoms with van der Waals surface area (Å²) in [6.07, 6.45) is -2.94. The molecule has 0 aromatic carbocycles. The molecule has 0 N–H and O–H groups in total. The zero-order valence-corrected chi connectivity index (χ0v) is 14.2. The van der Waals surface area contributed by atoms with Crippen LogP contribution in [0.15, 0.2) is 16.8 Å². The van der Waals surface area contributed by atoms with Gasteiger partial charge in [-0.15, -0.1) is 22.7 Å². The van der Waals surface area contributed by atoms with E-state index in [0.29, 0.717) is 28.0 Å². The van der Waals surface area contributed by atoms with E-state index in [2.05, 4.69) is 4.98 Å². The number of hydrogen-bond donors (Lipinski definition) is 0.